The topological polar surface area (TPSA) is 61.4 Å². The fourth-order valence-corrected chi connectivity index (χ4v) is 2.86. The molecular weight excluding hydrogens is 278 g/mol. The molecule has 2 aliphatic heterocycles. The van der Waals surface area contributed by atoms with E-state index in [0.717, 1.165) is 51.9 Å². The molecule has 0 aromatic heterocycles. The minimum absolute atomic E-state index is 0. The summed E-state index contributed by atoms with van der Waals surface area (Å²) in [5, 5.41) is 6.10. The number of likely N-dealkylation sites (tertiary alicyclic amines) is 1. The highest BCUT2D eigenvalue weighted by atomic mass is 35.5. The molecule has 2 fully saturated rings. The second-order valence-corrected chi connectivity index (χ2v) is 5.66. The first-order valence-corrected chi connectivity index (χ1v) is 7.48. The summed E-state index contributed by atoms with van der Waals surface area (Å²) in [5.41, 5.74) is 0. The first kappa shape index (κ1) is 17.2. The van der Waals surface area contributed by atoms with Crippen LogP contribution in [0.1, 0.15) is 39.0 Å². The Morgan fingerprint density at radius 1 is 1.20 bits per heavy atom. The van der Waals surface area contributed by atoms with Crippen molar-refractivity contribution in [2.24, 2.45) is 5.92 Å². The van der Waals surface area contributed by atoms with Gasteiger partial charge in [-0.05, 0) is 45.6 Å². The molecule has 116 valence electrons. The molecule has 2 N–H and O–H groups in total. The Balaban J connectivity index is 0.00000200. The molecule has 2 atom stereocenters. The molecule has 2 saturated heterocycles. The van der Waals surface area contributed by atoms with Gasteiger partial charge in [0.15, 0.2) is 0 Å². The summed E-state index contributed by atoms with van der Waals surface area (Å²) in [7, 11) is 0. The van der Waals surface area contributed by atoms with Crippen molar-refractivity contribution in [2.75, 3.05) is 26.2 Å². The Kier molecular flexibility index (Phi) is 7.30. The summed E-state index contributed by atoms with van der Waals surface area (Å²) in [5.74, 6) is 0.104. The number of hydrogen-bond acceptors (Lipinski definition) is 3. The highest BCUT2D eigenvalue weighted by Gasteiger charge is 2.27. The molecule has 5 nitrogen and oxygen atoms in total. The average Bonchev–Trinajstić information content (AvgIpc) is 2.48. The highest BCUT2D eigenvalue weighted by molar-refractivity contribution is 5.88. The number of rotatable bonds is 3. The average molecular weight is 304 g/mol. The Morgan fingerprint density at radius 3 is 2.50 bits per heavy atom. The van der Waals surface area contributed by atoms with E-state index in [-0.39, 0.29) is 30.1 Å². The maximum Gasteiger partial charge on any atom is 0.244 e. The van der Waals surface area contributed by atoms with Gasteiger partial charge in [0.05, 0.1) is 5.92 Å². The number of amides is 2. The number of hydrogen-bond donors (Lipinski definition) is 2. The van der Waals surface area contributed by atoms with Crippen molar-refractivity contribution in [3.63, 3.8) is 0 Å². The van der Waals surface area contributed by atoms with Crippen LogP contribution in [0.4, 0.5) is 0 Å². The van der Waals surface area contributed by atoms with Crippen LogP contribution in [-0.2, 0) is 9.59 Å². The number of nitrogens with one attached hydrogen (secondary N) is 2. The largest absolute Gasteiger partial charge is 0.344 e. The van der Waals surface area contributed by atoms with Crippen molar-refractivity contribution in [1.82, 2.24) is 15.5 Å². The molecular formula is C14H26ClN3O2. The molecule has 0 spiro atoms. The minimum atomic E-state index is -0.396. The molecule has 0 radical (unpaired) electrons. The van der Waals surface area contributed by atoms with Crippen LogP contribution in [0.3, 0.4) is 0 Å². The van der Waals surface area contributed by atoms with E-state index in [1.807, 2.05) is 4.90 Å². The third-order valence-corrected chi connectivity index (χ3v) is 4.06. The molecule has 20 heavy (non-hydrogen) atoms. The van der Waals surface area contributed by atoms with Crippen molar-refractivity contribution in [2.45, 2.75) is 45.1 Å². The van der Waals surface area contributed by atoms with Crippen LogP contribution < -0.4 is 10.6 Å². The smallest absolute Gasteiger partial charge is 0.244 e. The van der Waals surface area contributed by atoms with E-state index < -0.39 is 6.04 Å². The number of halogens is 1. The van der Waals surface area contributed by atoms with Gasteiger partial charge in [0.1, 0.15) is 6.04 Å². The Morgan fingerprint density at radius 2 is 1.90 bits per heavy atom. The molecule has 0 bridgehead atoms. The zero-order valence-corrected chi connectivity index (χ0v) is 13.0. The second kappa shape index (κ2) is 8.47. The highest BCUT2D eigenvalue weighted by Crippen LogP contribution is 2.12. The Hall–Kier alpha value is -0.810. The fourth-order valence-electron chi connectivity index (χ4n) is 2.86. The van der Waals surface area contributed by atoms with Gasteiger partial charge in [-0.3, -0.25) is 9.59 Å². The lowest BCUT2D eigenvalue weighted by Gasteiger charge is -2.30. The van der Waals surface area contributed by atoms with Gasteiger partial charge in [-0.1, -0.05) is 0 Å². The monoisotopic (exact) mass is 303 g/mol. The standard InChI is InChI=1S/C14H25N3O2.ClH/c1-11(14(19)17-8-3-2-4-9-17)16-13(18)12-6-5-7-15-10-12;/h11-12,15H,2-10H2,1H3,(H,16,18);1H. The van der Waals surface area contributed by atoms with Crippen LogP contribution in [0.25, 0.3) is 0 Å². The number of nitrogens with zero attached hydrogens (tertiary/aromatic N) is 1. The van der Waals surface area contributed by atoms with Crippen LogP contribution in [-0.4, -0.2) is 48.9 Å². The molecule has 2 aliphatic rings. The first-order valence-electron chi connectivity index (χ1n) is 7.48. The van der Waals surface area contributed by atoms with E-state index in [1.165, 1.54) is 6.42 Å². The predicted octanol–water partition coefficient (Wildman–Crippen LogP) is 0.925. The molecule has 2 heterocycles. The molecule has 0 aromatic rings. The van der Waals surface area contributed by atoms with E-state index in [1.54, 1.807) is 6.92 Å². The van der Waals surface area contributed by atoms with E-state index >= 15 is 0 Å². The summed E-state index contributed by atoms with van der Waals surface area (Å²) in [6.45, 7) is 5.20. The number of carbonyl (C=O) groups is 2. The summed E-state index contributed by atoms with van der Waals surface area (Å²) >= 11 is 0. The van der Waals surface area contributed by atoms with Gasteiger partial charge in [-0.2, -0.15) is 0 Å². The molecule has 6 heteroatoms. The van der Waals surface area contributed by atoms with E-state index in [2.05, 4.69) is 10.6 Å². The number of carbonyl (C=O) groups excluding carboxylic acids is 2. The summed E-state index contributed by atoms with van der Waals surface area (Å²) in [6, 6.07) is -0.396. The SMILES string of the molecule is CC(NC(=O)C1CCCNC1)C(=O)N1CCCCC1.Cl. The lowest BCUT2D eigenvalue weighted by atomic mass is 9.98. The third-order valence-electron chi connectivity index (χ3n) is 4.06. The summed E-state index contributed by atoms with van der Waals surface area (Å²) in [6.07, 6.45) is 5.33. The quantitative estimate of drug-likeness (QED) is 0.815. The van der Waals surface area contributed by atoms with Crippen LogP contribution >= 0.6 is 12.4 Å². The van der Waals surface area contributed by atoms with E-state index in [0.29, 0.717) is 0 Å². The van der Waals surface area contributed by atoms with Crippen molar-refractivity contribution in [1.29, 1.82) is 0 Å². The Bertz CT molecular complexity index is 326. The van der Waals surface area contributed by atoms with Gasteiger partial charge >= 0.3 is 0 Å². The van der Waals surface area contributed by atoms with Crippen LogP contribution in [0.5, 0.6) is 0 Å². The van der Waals surface area contributed by atoms with Gasteiger partial charge in [-0.15, -0.1) is 12.4 Å². The van der Waals surface area contributed by atoms with Crippen LogP contribution in [0.15, 0.2) is 0 Å². The van der Waals surface area contributed by atoms with Crippen molar-refractivity contribution >= 4 is 24.2 Å². The molecule has 2 amide bonds. The van der Waals surface area contributed by atoms with Gasteiger partial charge in [0, 0.05) is 19.6 Å². The maximum absolute atomic E-state index is 12.2. The third kappa shape index (κ3) is 4.63. The molecule has 2 unspecified atom stereocenters. The fraction of sp³-hybridized carbons (Fsp3) is 0.857. The molecule has 0 aliphatic carbocycles. The van der Waals surface area contributed by atoms with Crippen molar-refractivity contribution in [3.8, 4) is 0 Å². The first-order chi connectivity index (χ1) is 9.18. The van der Waals surface area contributed by atoms with E-state index in [4.69, 9.17) is 0 Å². The summed E-state index contributed by atoms with van der Waals surface area (Å²) < 4.78 is 0. The van der Waals surface area contributed by atoms with Crippen LogP contribution in [0, 0.1) is 5.92 Å². The lowest BCUT2D eigenvalue weighted by Crippen LogP contribution is -2.51. The van der Waals surface area contributed by atoms with Gasteiger partial charge in [-0.25, -0.2) is 0 Å². The van der Waals surface area contributed by atoms with Gasteiger partial charge in [0.2, 0.25) is 11.8 Å². The lowest BCUT2D eigenvalue weighted by molar-refractivity contribution is -0.137. The van der Waals surface area contributed by atoms with Crippen molar-refractivity contribution < 1.29 is 9.59 Å². The van der Waals surface area contributed by atoms with E-state index in [9.17, 15) is 9.59 Å². The molecule has 0 aromatic carbocycles. The molecule has 0 saturated carbocycles. The summed E-state index contributed by atoms with van der Waals surface area (Å²) in [4.78, 5) is 26.2. The number of piperidine rings is 2. The zero-order valence-electron chi connectivity index (χ0n) is 12.2. The van der Waals surface area contributed by atoms with Crippen LogP contribution in [0.2, 0.25) is 0 Å². The maximum atomic E-state index is 12.2. The predicted molar refractivity (Wildman–Crippen MR) is 80.9 cm³/mol. The van der Waals surface area contributed by atoms with Gasteiger partial charge < -0.3 is 15.5 Å². The normalized spacial score (nSPS) is 24.4. The van der Waals surface area contributed by atoms with Crippen molar-refractivity contribution in [3.05, 3.63) is 0 Å². The minimum Gasteiger partial charge on any atom is -0.344 e. The Labute approximate surface area is 127 Å². The zero-order chi connectivity index (χ0) is 13.7. The second-order valence-electron chi connectivity index (χ2n) is 5.66. The van der Waals surface area contributed by atoms with Gasteiger partial charge in [0.25, 0.3) is 0 Å². The molecule has 2 rings (SSSR count).